The highest BCUT2D eigenvalue weighted by Crippen LogP contribution is 2.22. The number of likely N-dealkylation sites (tertiary alicyclic amines) is 1. The number of halogens is 1. The van der Waals surface area contributed by atoms with Crippen molar-refractivity contribution < 1.29 is 4.39 Å². The second-order valence-electron chi connectivity index (χ2n) is 5.26. The van der Waals surface area contributed by atoms with E-state index in [2.05, 4.69) is 11.8 Å². The van der Waals surface area contributed by atoms with Gasteiger partial charge < -0.3 is 5.73 Å². The largest absolute Gasteiger partial charge is 0.326 e. The minimum atomic E-state index is -0.115. The van der Waals surface area contributed by atoms with E-state index in [0.29, 0.717) is 6.54 Å². The quantitative estimate of drug-likeness (QED) is 0.890. The van der Waals surface area contributed by atoms with Crippen molar-refractivity contribution in [2.75, 3.05) is 13.1 Å². The maximum absolute atomic E-state index is 13.9. The Labute approximate surface area is 109 Å². The lowest BCUT2D eigenvalue weighted by atomic mass is 9.94. The Balaban J connectivity index is 1.94. The van der Waals surface area contributed by atoms with Crippen molar-refractivity contribution in [1.82, 2.24) is 4.90 Å². The molecule has 1 aromatic rings. The van der Waals surface area contributed by atoms with E-state index in [0.717, 1.165) is 36.7 Å². The smallest absolute Gasteiger partial charge is 0.128 e. The predicted molar refractivity (Wildman–Crippen MR) is 72.6 cm³/mol. The number of rotatable bonds is 4. The first kappa shape index (κ1) is 13.5. The number of hydrogen-bond acceptors (Lipinski definition) is 2. The van der Waals surface area contributed by atoms with Crippen molar-refractivity contribution in [3.05, 3.63) is 35.1 Å². The van der Waals surface area contributed by atoms with E-state index in [1.165, 1.54) is 19.3 Å². The zero-order chi connectivity index (χ0) is 13.0. The summed E-state index contributed by atoms with van der Waals surface area (Å²) in [7, 11) is 0. The summed E-state index contributed by atoms with van der Waals surface area (Å²) in [6.07, 6.45) is 3.77. The van der Waals surface area contributed by atoms with Gasteiger partial charge in [-0.2, -0.15) is 0 Å². The third-order valence-corrected chi connectivity index (χ3v) is 4.03. The van der Waals surface area contributed by atoms with Gasteiger partial charge in [-0.05, 0) is 43.5 Å². The van der Waals surface area contributed by atoms with E-state index in [4.69, 9.17) is 5.73 Å². The Morgan fingerprint density at radius 3 is 2.61 bits per heavy atom. The van der Waals surface area contributed by atoms with Crippen LogP contribution in [0.1, 0.15) is 37.3 Å². The van der Waals surface area contributed by atoms with Gasteiger partial charge in [0.1, 0.15) is 5.82 Å². The zero-order valence-electron chi connectivity index (χ0n) is 11.2. The summed E-state index contributed by atoms with van der Waals surface area (Å²) in [5.74, 6) is 0.751. The average molecular weight is 250 g/mol. The highest BCUT2D eigenvalue weighted by atomic mass is 19.1. The van der Waals surface area contributed by atoms with E-state index in [1.807, 2.05) is 12.1 Å². The highest BCUT2D eigenvalue weighted by Gasteiger charge is 2.18. The third kappa shape index (κ3) is 3.30. The topological polar surface area (TPSA) is 29.3 Å². The van der Waals surface area contributed by atoms with Crippen LogP contribution in [0.15, 0.2) is 18.2 Å². The third-order valence-electron chi connectivity index (χ3n) is 4.03. The molecule has 1 saturated heterocycles. The van der Waals surface area contributed by atoms with Crippen LogP contribution in [0, 0.1) is 11.7 Å². The van der Waals surface area contributed by atoms with Crippen LogP contribution in [0.2, 0.25) is 0 Å². The molecule has 0 saturated carbocycles. The molecule has 0 amide bonds. The van der Waals surface area contributed by atoms with Crippen LogP contribution in [0.4, 0.5) is 4.39 Å². The molecule has 2 nitrogen and oxygen atoms in total. The van der Waals surface area contributed by atoms with E-state index >= 15 is 0 Å². The first-order valence-corrected chi connectivity index (χ1v) is 6.92. The highest BCUT2D eigenvalue weighted by molar-refractivity contribution is 5.24. The van der Waals surface area contributed by atoms with E-state index in [1.54, 1.807) is 6.07 Å². The van der Waals surface area contributed by atoms with Crippen LogP contribution in [-0.2, 0) is 13.1 Å². The first-order valence-electron chi connectivity index (χ1n) is 6.92. The minimum absolute atomic E-state index is 0.115. The Kier molecular flexibility index (Phi) is 4.72. The monoisotopic (exact) mass is 250 g/mol. The molecule has 3 heteroatoms. The Bertz CT molecular complexity index is 384. The van der Waals surface area contributed by atoms with Gasteiger partial charge in [0.2, 0.25) is 0 Å². The van der Waals surface area contributed by atoms with Crippen molar-refractivity contribution in [2.24, 2.45) is 11.7 Å². The summed E-state index contributed by atoms with van der Waals surface area (Å²) >= 11 is 0. The number of hydrogen-bond donors (Lipinski definition) is 1. The molecule has 1 heterocycles. The molecule has 1 aliphatic heterocycles. The van der Waals surface area contributed by atoms with Gasteiger partial charge in [0.05, 0.1) is 0 Å². The van der Waals surface area contributed by atoms with Gasteiger partial charge in [0.15, 0.2) is 0 Å². The van der Waals surface area contributed by atoms with Crippen molar-refractivity contribution in [3.63, 3.8) is 0 Å². The summed E-state index contributed by atoms with van der Waals surface area (Å²) in [4.78, 5) is 2.35. The molecular formula is C15H23FN2. The average Bonchev–Trinajstić information content (AvgIpc) is 2.42. The van der Waals surface area contributed by atoms with E-state index in [-0.39, 0.29) is 5.82 Å². The van der Waals surface area contributed by atoms with Crippen molar-refractivity contribution in [1.29, 1.82) is 0 Å². The number of benzene rings is 1. The second kappa shape index (κ2) is 6.30. The van der Waals surface area contributed by atoms with Crippen LogP contribution in [0.25, 0.3) is 0 Å². The SMILES string of the molecule is CCC1CCN(Cc2ccc(CN)cc2F)CC1. The molecule has 0 spiro atoms. The predicted octanol–water partition coefficient (Wildman–Crippen LogP) is 2.91. The summed E-state index contributed by atoms with van der Waals surface area (Å²) < 4.78 is 13.9. The van der Waals surface area contributed by atoms with Crippen molar-refractivity contribution >= 4 is 0 Å². The molecule has 18 heavy (non-hydrogen) atoms. The fourth-order valence-electron chi connectivity index (χ4n) is 2.64. The van der Waals surface area contributed by atoms with Gasteiger partial charge in [-0.15, -0.1) is 0 Å². The maximum Gasteiger partial charge on any atom is 0.128 e. The Morgan fingerprint density at radius 1 is 1.33 bits per heavy atom. The lowest BCUT2D eigenvalue weighted by molar-refractivity contribution is 0.173. The molecular weight excluding hydrogens is 227 g/mol. The molecule has 2 rings (SSSR count). The van der Waals surface area contributed by atoms with Gasteiger partial charge in [-0.25, -0.2) is 4.39 Å². The molecule has 1 aliphatic rings. The van der Waals surface area contributed by atoms with Crippen LogP contribution in [0.5, 0.6) is 0 Å². The van der Waals surface area contributed by atoms with Crippen molar-refractivity contribution in [3.8, 4) is 0 Å². The van der Waals surface area contributed by atoms with Crippen LogP contribution >= 0.6 is 0 Å². The lowest BCUT2D eigenvalue weighted by Gasteiger charge is -2.31. The van der Waals surface area contributed by atoms with Gasteiger partial charge in [-0.1, -0.05) is 25.5 Å². The van der Waals surface area contributed by atoms with Gasteiger partial charge >= 0.3 is 0 Å². The molecule has 0 unspecified atom stereocenters. The summed E-state index contributed by atoms with van der Waals surface area (Å²) in [5.41, 5.74) is 7.16. The fraction of sp³-hybridized carbons (Fsp3) is 0.600. The number of nitrogens with zero attached hydrogens (tertiary/aromatic N) is 1. The molecule has 0 bridgehead atoms. The van der Waals surface area contributed by atoms with Gasteiger partial charge in [0, 0.05) is 18.7 Å². The molecule has 1 fully saturated rings. The van der Waals surface area contributed by atoms with Crippen LogP contribution in [0.3, 0.4) is 0 Å². The minimum Gasteiger partial charge on any atom is -0.326 e. The molecule has 1 aromatic carbocycles. The zero-order valence-corrected chi connectivity index (χ0v) is 11.2. The normalized spacial score (nSPS) is 18.2. The number of nitrogens with two attached hydrogens (primary N) is 1. The van der Waals surface area contributed by atoms with E-state index < -0.39 is 0 Å². The van der Waals surface area contributed by atoms with E-state index in [9.17, 15) is 4.39 Å². The fourth-order valence-corrected chi connectivity index (χ4v) is 2.64. The van der Waals surface area contributed by atoms with Gasteiger partial charge in [0.25, 0.3) is 0 Å². The first-order chi connectivity index (χ1) is 8.72. The van der Waals surface area contributed by atoms with Gasteiger partial charge in [-0.3, -0.25) is 4.90 Å². The molecule has 0 aromatic heterocycles. The van der Waals surface area contributed by atoms with Crippen molar-refractivity contribution in [2.45, 2.75) is 39.3 Å². The molecule has 2 N–H and O–H groups in total. The molecule has 0 radical (unpaired) electrons. The summed E-state index contributed by atoms with van der Waals surface area (Å²) in [6.45, 7) is 5.57. The number of piperidine rings is 1. The molecule has 100 valence electrons. The van der Waals surface area contributed by atoms with Crippen LogP contribution in [-0.4, -0.2) is 18.0 Å². The summed E-state index contributed by atoms with van der Waals surface area (Å²) in [5, 5.41) is 0. The standard InChI is InChI=1S/C15H23FN2/c1-2-12-5-7-18(8-6-12)11-14-4-3-13(10-17)9-15(14)16/h3-4,9,12H,2,5-8,10-11,17H2,1H3. The molecule has 0 aliphatic carbocycles. The lowest BCUT2D eigenvalue weighted by Crippen LogP contribution is -2.33. The Hall–Kier alpha value is -0.930. The molecule has 0 atom stereocenters. The summed E-state index contributed by atoms with van der Waals surface area (Å²) in [6, 6.07) is 5.37. The maximum atomic E-state index is 13.9. The van der Waals surface area contributed by atoms with Crippen LogP contribution < -0.4 is 5.73 Å². The Morgan fingerprint density at radius 2 is 2.06 bits per heavy atom. The second-order valence-corrected chi connectivity index (χ2v) is 5.26.